The molecule has 2 atom stereocenters. The van der Waals surface area contributed by atoms with Crippen molar-refractivity contribution in [3.63, 3.8) is 0 Å². The molecule has 2 nitrogen and oxygen atoms in total. The second-order valence-electron chi connectivity index (χ2n) is 3.68. The summed E-state index contributed by atoms with van der Waals surface area (Å²) in [4.78, 5) is 12.1. The molecule has 1 aliphatic carbocycles. The molecule has 14 heavy (non-hydrogen) atoms. The molecule has 0 bridgehead atoms. The van der Waals surface area contributed by atoms with Crippen molar-refractivity contribution in [2.75, 3.05) is 0 Å². The molecule has 0 radical (unpaired) electrons. The molecule has 0 amide bonds. The van der Waals surface area contributed by atoms with Crippen LogP contribution in [0.2, 0.25) is 0 Å². The Morgan fingerprint density at radius 2 is 2.43 bits per heavy atom. The van der Waals surface area contributed by atoms with Gasteiger partial charge >= 0.3 is 5.97 Å². The summed E-state index contributed by atoms with van der Waals surface area (Å²) in [6.45, 7) is 0. The van der Waals surface area contributed by atoms with Crippen LogP contribution in [0, 0.1) is 11.8 Å². The van der Waals surface area contributed by atoms with Crippen LogP contribution in [0.5, 0.6) is 0 Å². The number of carboxylic acids is 1. The van der Waals surface area contributed by atoms with Gasteiger partial charge in [-0.1, -0.05) is 0 Å². The Morgan fingerprint density at radius 3 is 2.86 bits per heavy atom. The van der Waals surface area contributed by atoms with E-state index in [1.807, 2.05) is 11.4 Å². The van der Waals surface area contributed by atoms with Crippen LogP contribution in [0.1, 0.15) is 17.7 Å². The van der Waals surface area contributed by atoms with Gasteiger partial charge in [0.1, 0.15) is 0 Å². The highest BCUT2D eigenvalue weighted by molar-refractivity contribution is 9.10. The highest BCUT2D eigenvalue weighted by Gasteiger charge is 2.36. The monoisotopic (exact) mass is 274 g/mol. The molecule has 0 aromatic carbocycles. The first-order valence-corrected chi connectivity index (χ1v) is 6.30. The average Bonchev–Trinajstić information content (AvgIpc) is 2.44. The summed E-state index contributed by atoms with van der Waals surface area (Å²) in [6.07, 6.45) is 2.82. The van der Waals surface area contributed by atoms with Crippen LogP contribution in [-0.2, 0) is 11.2 Å². The van der Waals surface area contributed by atoms with Crippen LogP contribution in [0.25, 0.3) is 0 Å². The predicted molar refractivity (Wildman–Crippen MR) is 59.6 cm³/mol. The van der Waals surface area contributed by atoms with Crippen molar-refractivity contribution < 1.29 is 9.90 Å². The Labute approximate surface area is 95.1 Å². The van der Waals surface area contributed by atoms with Gasteiger partial charge in [-0.25, -0.2) is 0 Å². The van der Waals surface area contributed by atoms with E-state index in [-0.39, 0.29) is 5.92 Å². The SMILES string of the molecule is O=C(O)C1CCC1Cc1sccc1Br. The molecule has 2 rings (SSSR count). The lowest BCUT2D eigenvalue weighted by atomic mass is 9.72. The molecule has 1 aromatic heterocycles. The molecule has 1 aromatic rings. The van der Waals surface area contributed by atoms with Gasteiger partial charge in [0.2, 0.25) is 0 Å². The summed E-state index contributed by atoms with van der Waals surface area (Å²) in [7, 11) is 0. The van der Waals surface area contributed by atoms with Gasteiger partial charge in [-0.15, -0.1) is 11.3 Å². The molecule has 0 spiro atoms. The van der Waals surface area contributed by atoms with Crippen molar-refractivity contribution in [1.82, 2.24) is 0 Å². The molecule has 1 fully saturated rings. The zero-order chi connectivity index (χ0) is 10.1. The molecule has 76 valence electrons. The zero-order valence-electron chi connectivity index (χ0n) is 7.57. The Hall–Kier alpha value is -0.350. The van der Waals surface area contributed by atoms with E-state index in [0.717, 1.165) is 23.7 Å². The number of aliphatic carboxylic acids is 1. The van der Waals surface area contributed by atoms with Crippen LogP contribution in [-0.4, -0.2) is 11.1 Å². The number of rotatable bonds is 3. The summed E-state index contributed by atoms with van der Waals surface area (Å²) in [6, 6.07) is 2.02. The van der Waals surface area contributed by atoms with Gasteiger partial charge in [0.05, 0.1) is 5.92 Å². The van der Waals surface area contributed by atoms with Gasteiger partial charge in [-0.3, -0.25) is 4.79 Å². The predicted octanol–water partition coefficient (Wildman–Crippen LogP) is 3.16. The normalized spacial score (nSPS) is 25.8. The van der Waals surface area contributed by atoms with Crippen LogP contribution in [0.4, 0.5) is 0 Å². The molecule has 0 saturated heterocycles. The number of carboxylic acid groups (broad SMARTS) is 1. The van der Waals surface area contributed by atoms with Crippen LogP contribution < -0.4 is 0 Å². The highest BCUT2D eigenvalue weighted by Crippen LogP contribution is 2.39. The number of hydrogen-bond acceptors (Lipinski definition) is 2. The van der Waals surface area contributed by atoms with E-state index >= 15 is 0 Å². The van der Waals surface area contributed by atoms with E-state index in [1.165, 1.54) is 4.88 Å². The van der Waals surface area contributed by atoms with Gasteiger partial charge in [0, 0.05) is 9.35 Å². The van der Waals surface area contributed by atoms with Crippen molar-refractivity contribution in [3.8, 4) is 0 Å². The maximum atomic E-state index is 10.8. The molecule has 1 saturated carbocycles. The van der Waals surface area contributed by atoms with E-state index in [1.54, 1.807) is 11.3 Å². The van der Waals surface area contributed by atoms with E-state index in [4.69, 9.17) is 5.11 Å². The Kier molecular flexibility index (Phi) is 2.93. The summed E-state index contributed by atoms with van der Waals surface area (Å²) >= 11 is 5.17. The summed E-state index contributed by atoms with van der Waals surface area (Å²) < 4.78 is 1.12. The summed E-state index contributed by atoms with van der Waals surface area (Å²) in [5.41, 5.74) is 0. The Bertz CT molecular complexity index is 348. The number of carbonyl (C=O) groups is 1. The Balaban J connectivity index is 1.99. The van der Waals surface area contributed by atoms with Gasteiger partial charge in [0.15, 0.2) is 0 Å². The lowest BCUT2D eigenvalue weighted by molar-refractivity contribution is -0.147. The Morgan fingerprint density at radius 1 is 1.64 bits per heavy atom. The third-order valence-electron chi connectivity index (χ3n) is 2.87. The number of thiophene rings is 1. The molecule has 0 aliphatic heterocycles. The third kappa shape index (κ3) is 1.86. The fraction of sp³-hybridized carbons (Fsp3) is 0.500. The van der Waals surface area contributed by atoms with Gasteiger partial charge in [0.25, 0.3) is 0 Å². The maximum absolute atomic E-state index is 10.8. The van der Waals surface area contributed by atoms with Crippen LogP contribution in [0.15, 0.2) is 15.9 Å². The molecule has 1 N–H and O–H groups in total. The zero-order valence-corrected chi connectivity index (χ0v) is 9.97. The van der Waals surface area contributed by atoms with Gasteiger partial charge in [-0.05, 0) is 52.6 Å². The first kappa shape index (κ1) is 10.2. The molecule has 1 aliphatic rings. The molecule has 2 unspecified atom stereocenters. The third-order valence-corrected chi connectivity index (χ3v) is 4.82. The number of halogens is 1. The molecular formula is C10H11BrO2S. The van der Waals surface area contributed by atoms with E-state index < -0.39 is 5.97 Å². The minimum Gasteiger partial charge on any atom is -0.481 e. The molecule has 1 heterocycles. The second kappa shape index (κ2) is 4.03. The smallest absolute Gasteiger partial charge is 0.306 e. The molecular weight excluding hydrogens is 264 g/mol. The molecule has 4 heteroatoms. The number of hydrogen-bond donors (Lipinski definition) is 1. The van der Waals surface area contributed by atoms with Crippen LogP contribution in [0.3, 0.4) is 0 Å². The largest absolute Gasteiger partial charge is 0.481 e. The minimum absolute atomic E-state index is 0.107. The first-order chi connectivity index (χ1) is 6.68. The van der Waals surface area contributed by atoms with Crippen molar-refractivity contribution >= 4 is 33.2 Å². The lowest BCUT2D eigenvalue weighted by Gasteiger charge is -2.33. The van der Waals surface area contributed by atoms with E-state index in [9.17, 15) is 4.79 Å². The topological polar surface area (TPSA) is 37.3 Å². The van der Waals surface area contributed by atoms with Crippen molar-refractivity contribution in [2.45, 2.75) is 19.3 Å². The van der Waals surface area contributed by atoms with Gasteiger partial charge in [-0.2, -0.15) is 0 Å². The standard InChI is InChI=1S/C10H11BrO2S/c11-8-3-4-14-9(8)5-6-1-2-7(6)10(12)13/h3-4,6-7H,1-2,5H2,(H,12,13). The second-order valence-corrected chi connectivity index (χ2v) is 5.53. The average molecular weight is 275 g/mol. The van der Waals surface area contributed by atoms with Crippen molar-refractivity contribution in [2.24, 2.45) is 11.8 Å². The van der Waals surface area contributed by atoms with Crippen molar-refractivity contribution in [1.29, 1.82) is 0 Å². The van der Waals surface area contributed by atoms with Crippen LogP contribution >= 0.6 is 27.3 Å². The first-order valence-electron chi connectivity index (χ1n) is 4.63. The highest BCUT2D eigenvalue weighted by atomic mass is 79.9. The van der Waals surface area contributed by atoms with E-state index in [2.05, 4.69) is 15.9 Å². The summed E-state index contributed by atoms with van der Waals surface area (Å²) in [5, 5.41) is 10.9. The summed E-state index contributed by atoms with van der Waals surface area (Å²) in [5.74, 6) is -0.389. The lowest BCUT2D eigenvalue weighted by Crippen LogP contribution is -2.33. The fourth-order valence-corrected chi connectivity index (χ4v) is 3.46. The fourth-order valence-electron chi connectivity index (χ4n) is 1.85. The van der Waals surface area contributed by atoms with Crippen molar-refractivity contribution in [3.05, 3.63) is 20.8 Å². The quantitative estimate of drug-likeness (QED) is 0.920. The minimum atomic E-state index is -0.631. The maximum Gasteiger partial charge on any atom is 0.306 e. The van der Waals surface area contributed by atoms with E-state index in [0.29, 0.717) is 5.92 Å². The van der Waals surface area contributed by atoms with Gasteiger partial charge < -0.3 is 5.11 Å².